The number of carbonyl (C=O) groups is 1. The highest BCUT2D eigenvalue weighted by Gasteiger charge is 2.35. The largest absolute Gasteiger partial charge is 0.339 e. The SMILES string of the molecule is CC(C)c1ccc(N2C[C@H](c3nc(-c4ccccc4Cl)no3)CC2=O)cc1. The van der Waals surface area contributed by atoms with Crippen LogP contribution in [0.5, 0.6) is 0 Å². The third-order valence-corrected chi connectivity index (χ3v) is 5.23. The molecule has 5 nitrogen and oxygen atoms in total. The fourth-order valence-electron chi connectivity index (χ4n) is 3.31. The van der Waals surface area contributed by atoms with E-state index in [2.05, 4.69) is 36.1 Å². The van der Waals surface area contributed by atoms with E-state index in [0.29, 0.717) is 35.6 Å². The highest BCUT2D eigenvalue weighted by Crippen LogP contribution is 2.33. The Morgan fingerprint density at radius 1 is 1.15 bits per heavy atom. The summed E-state index contributed by atoms with van der Waals surface area (Å²) in [5.41, 5.74) is 2.88. The Morgan fingerprint density at radius 3 is 2.59 bits per heavy atom. The number of aromatic nitrogens is 2. The van der Waals surface area contributed by atoms with Gasteiger partial charge in [-0.1, -0.05) is 54.9 Å². The monoisotopic (exact) mass is 381 g/mol. The third-order valence-electron chi connectivity index (χ3n) is 4.90. The highest BCUT2D eigenvalue weighted by atomic mass is 35.5. The molecule has 0 N–H and O–H groups in total. The molecule has 2 aromatic carbocycles. The van der Waals surface area contributed by atoms with Gasteiger partial charge in [-0.25, -0.2) is 0 Å². The van der Waals surface area contributed by atoms with Gasteiger partial charge in [-0.05, 0) is 35.7 Å². The normalized spacial score (nSPS) is 17.1. The van der Waals surface area contributed by atoms with Crippen molar-refractivity contribution >= 4 is 23.2 Å². The predicted octanol–water partition coefficient (Wildman–Crippen LogP) is 5.03. The van der Waals surface area contributed by atoms with E-state index in [1.807, 2.05) is 30.3 Å². The molecule has 6 heteroatoms. The number of carbonyl (C=O) groups excluding carboxylic acids is 1. The van der Waals surface area contributed by atoms with Crippen LogP contribution in [0.4, 0.5) is 5.69 Å². The van der Waals surface area contributed by atoms with Crippen LogP contribution in [0.1, 0.15) is 43.6 Å². The summed E-state index contributed by atoms with van der Waals surface area (Å²) in [6.45, 7) is 4.83. The van der Waals surface area contributed by atoms with Crippen molar-refractivity contribution < 1.29 is 9.32 Å². The van der Waals surface area contributed by atoms with Crippen LogP contribution in [-0.2, 0) is 4.79 Å². The second-order valence-corrected chi connectivity index (χ2v) is 7.49. The van der Waals surface area contributed by atoms with Crippen molar-refractivity contribution in [1.29, 1.82) is 0 Å². The standard InChI is InChI=1S/C21H20ClN3O2/c1-13(2)14-7-9-16(10-8-14)25-12-15(11-19(25)26)21-23-20(24-27-21)17-5-3-4-6-18(17)22/h3-10,13,15H,11-12H2,1-2H3/t15-/m1/s1. The molecule has 138 valence electrons. The number of hydrogen-bond acceptors (Lipinski definition) is 4. The van der Waals surface area contributed by atoms with E-state index in [1.165, 1.54) is 5.56 Å². The minimum atomic E-state index is -0.119. The molecule has 0 saturated carbocycles. The Labute approximate surface area is 163 Å². The lowest BCUT2D eigenvalue weighted by molar-refractivity contribution is -0.117. The first-order valence-corrected chi connectivity index (χ1v) is 9.39. The molecule has 0 unspecified atom stereocenters. The van der Waals surface area contributed by atoms with Crippen LogP contribution in [0.2, 0.25) is 5.02 Å². The average molecular weight is 382 g/mol. The number of amides is 1. The van der Waals surface area contributed by atoms with Crippen molar-refractivity contribution in [3.8, 4) is 11.4 Å². The van der Waals surface area contributed by atoms with Crippen molar-refractivity contribution in [1.82, 2.24) is 10.1 Å². The van der Waals surface area contributed by atoms with Gasteiger partial charge in [0, 0.05) is 24.2 Å². The van der Waals surface area contributed by atoms with Crippen LogP contribution in [0.25, 0.3) is 11.4 Å². The van der Waals surface area contributed by atoms with Crippen LogP contribution in [0.15, 0.2) is 53.1 Å². The van der Waals surface area contributed by atoms with E-state index in [1.54, 1.807) is 11.0 Å². The fourth-order valence-corrected chi connectivity index (χ4v) is 3.53. The Morgan fingerprint density at radius 2 is 1.89 bits per heavy atom. The maximum atomic E-state index is 12.5. The van der Waals surface area contributed by atoms with Gasteiger partial charge in [0.1, 0.15) is 0 Å². The van der Waals surface area contributed by atoms with Crippen molar-refractivity contribution in [2.75, 3.05) is 11.4 Å². The van der Waals surface area contributed by atoms with E-state index in [-0.39, 0.29) is 11.8 Å². The Kier molecular flexibility index (Phi) is 4.70. The lowest BCUT2D eigenvalue weighted by atomic mass is 10.0. The molecule has 1 saturated heterocycles. The quantitative estimate of drug-likeness (QED) is 0.635. The van der Waals surface area contributed by atoms with Gasteiger partial charge in [-0.2, -0.15) is 4.98 Å². The van der Waals surface area contributed by atoms with Crippen molar-refractivity contribution in [3.05, 3.63) is 65.0 Å². The van der Waals surface area contributed by atoms with Crippen molar-refractivity contribution in [2.24, 2.45) is 0 Å². The van der Waals surface area contributed by atoms with E-state index in [9.17, 15) is 4.79 Å². The molecule has 1 aliphatic heterocycles. The van der Waals surface area contributed by atoms with Crippen molar-refractivity contribution in [2.45, 2.75) is 32.1 Å². The summed E-state index contributed by atoms with van der Waals surface area (Å²) in [6, 6.07) is 15.5. The van der Waals surface area contributed by atoms with Gasteiger partial charge in [0.15, 0.2) is 0 Å². The van der Waals surface area contributed by atoms with Gasteiger partial charge in [0.25, 0.3) is 0 Å². The van der Waals surface area contributed by atoms with Crippen LogP contribution in [0, 0.1) is 0 Å². The second-order valence-electron chi connectivity index (χ2n) is 7.09. The van der Waals surface area contributed by atoms with Crippen LogP contribution >= 0.6 is 11.6 Å². The van der Waals surface area contributed by atoms with Crippen LogP contribution in [0.3, 0.4) is 0 Å². The lowest BCUT2D eigenvalue weighted by Gasteiger charge is -2.17. The topological polar surface area (TPSA) is 59.2 Å². The molecular formula is C21H20ClN3O2. The third kappa shape index (κ3) is 3.47. The minimum absolute atomic E-state index is 0.0646. The van der Waals surface area contributed by atoms with E-state index >= 15 is 0 Å². The molecule has 0 spiro atoms. The molecule has 1 aromatic heterocycles. The molecule has 0 radical (unpaired) electrons. The zero-order valence-electron chi connectivity index (χ0n) is 15.2. The zero-order valence-corrected chi connectivity index (χ0v) is 16.0. The first-order chi connectivity index (χ1) is 13.0. The summed E-state index contributed by atoms with van der Waals surface area (Å²) in [6.07, 6.45) is 0.357. The average Bonchev–Trinajstić information content (AvgIpc) is 3.29. The molecule has 1 amide bonds. The molecule has 0 bridgehead atoms. The Hall–Kier alpha value is -2.66. The Bertz CT molecular complexity index is 966. The number of halogens is 1. The van der Waals surface area contributed by atoms with Crippen LogP contribution < -0.4 is 4.90 Å². The molecule has 3 aromatic rings. The smallest absolute Gasteiger partial charge is 0.232 e. The number of benzene rings is 2. The number of hydrogen-bond donors (Lipinski definition) is 0. The van der Waals surface area contributed by atoms with Gasteiger partial charge in [-0.15, -0.1) is 0 Å². The van der Waals surface area contributed by atoms with Gasteiger partial charge in [0.05, 0.1) is 10.9 Å². The number of rotatable bonds is 4. The fraction of sp³-hybridized carbons (Fsp3) is 0.286. The number of anilines is 1. The maximum Gasteiger partial charge on any atom is 0.232 e. The first-order valence-electron chi connectivity index (χ1n) is 9.01. The summed E-state index contributed by atoms with van der Waals surface area (Å²) in [5.74, 6) is 1.32. The van der Waals surface area contributed by atoms with Crippen molar-refractivity contribution in [3.63, 3.8) is 0 Å². The minimum Gasteiger partial charge on any atom is -0.339 e. The number of nitrogens with zero attached hydrogens (tertiary/aromatic N) is 3. The summed E-state index contributed by atoms with van der Waals surface area (Å²) in [4.78, 5) is 18.8. The van der Waals surface area contributed by atoms with Crippen LogP contribution in [-0.4, -0.2) is 22.6 Å². The molecule has 4 rings (SSSR count). The van der Waals surface area contributed by atoms with Gasteiger partial charge >= 0.3 is 0 Å². The molecule has 1 atom stereocenters. The van der Waals surface area contributed by atoms with E-state index < -0.39 is 0 Å². The molecule has 27 heavy (non-hydrogen) atoms. The van der Waals surface area contributed by atoms with Gasteiger partial charge < -0.3 is 9.42 Å². The molecule has 1 aliphatic rings. The Balaban J connectivity index is 1.53. The van der Waals surface area contributed by atoms with Gasteiger partial charge in [-0.3, -0.25) is 4.79 Å². The highest BCUT2D eigenvalue weighted by molar-refractivity contribution is 6.33. The summed E-state index contributed by atoms with van der Waals surface area (Å²) in [7, 11) is 0. The second kappa shape index (κ2) is 7.16. The summed E-state index contributed by atoms with van der Waals surface area (Å²) < 4.78 is 5.44. The summed E-state index contributed by atoms with van der Waals surface area (Å²) in [5, 5.41) is 4.61. The lowest BCUT2D eigenvalue weighted by Crippen LogP contribution is -2.24. The summed E-state index contributed by atoms with van der Waals surface area (Å²) >= 11 is 6.20. The molecule has 1 fully saturated rings. The molecule has 2 heterocycles. The predicted molar refractivity (Wildman–Crippen MR) is 105 cm³/mol. The van der Waals surface area contributed by atoms with Gasteiger partial charge in [0.2, 0.25) is 17.6 Å². The maximum absolute atomic E-state index is 12.5. The van der Waals surface area contributed by atoms with E-state index in [0.717, 1.165) is 11.3 Å². The van der Waals surface area contributed by atoms with E-state index in [4.69, 9.17) is 16.1 Å². The molecular weight excluding hydrogens is 362 g/mol. The zero-order chi connectivity index (χ0) is 19.0. The molecule has 0 aliphatic carbocycles. The first kappa shape index (κ1) is 17.7.